The summed E-state index contributed by atoms with van der Waals surface area (Å²) in [4.78, 5) is 0. The van der Waals surface area contributed by atoms with Crippen LogP contribution in [0.5, 0.6) is 5.75 Å². The van der Waals surface area contributed by atoms with Crippen molar-refractivity contribution in [3.8, 4) is 5.75 Å². The fraction of sp³-hybridized carbons (Fsp3) is 0.250. The van der Waals surface area contributed by atoms with E-state index in [0.717, 1.165) is 29.8 Å². The first kappa shape index (κ1) is 12.5. The molecule has 0 saturated heterocycles. The quantitative estimate of drug-likeness (QED) is 0.919. The number of para-hydroxylation sites is 1. The Bertz CT molecular complexity index is 570. The van der Waals surface area contributed by atoms with Gasteiger partial charge in [0.1, 0.15) is 5.75 Å². The lowest BCUT2D eigenvalue weighted by molar-refractivity contribution is 0.252. The van der Waals surface area contributed by atoms with Gasteiger partial charge in [0.2, 0.25) is 0 Å². The van der Waals surface area contributed by atoms with E-state index in [4.69, 9.17) is 4.74 Å². The van der Waals surface area contributed by atoms with Crippen LogP contribution in [0, 0.1) is 5.92 Å². The van der Waals surface area contributed by atoms with E-state index in [1.54, 1.807) is 0 Å². The second-order valence-electron chi connectivity index (χ2n) is 4.88. The molecule has 0 spiro atoms. The lowest BCUT2D eigenvalue weighted by atomic mass is 9.95. The van der Waals surface area contributed by atoms with Gasteiger partial charge in [0, 0.05) is 22.6 Å². The normalized spacial score (nSPS) is 17.4. The first-order chi connectivity index (χ1) is 9.31. The number of rotatable bonds is 3. The number of anilines is 1. The van der Waals surface area contributed by atoms with Crippen LogP contribution in [0.3, 0.4) is 0 Å². The van der Waals surface area contributed by atoms with E-state index in [0.29, 0.717) is 5.92 Å². The highest BCUT2D eigenvalue weighted by atomic mass is 79.9. The smallest absolute Gasteiger partial charge is 0.120 e. The van der Waals surface area contributed by atoms with Gasteiger partial charge < -0.3 is 10.1 Å². The molecular formula is C16H16BrNO. The number of fused-ring (bicyclic) bond motifs is 1. The molecule has 19 heavy (non-hydrogen) atoms. The maximum absolute atomic E-state index is 5.87. The van der Waals surface area contributed by atoms with Gasteiger partial charge in [-0.1, -0.05) is 40.2 Å². The Morgan fingerprint density at radius 2 is 2.05 bits per heavy atom. The molecule has 0 saturated carbocycles. The minimum atomic E-state index is 0.522. The topological polar surface area (TPSA) is 21.3 Å². The zero-order valence-corrected chi connectivity index (χ0v) is 12.2. The van der Waals surface area contributed by atoms with Crippen LogP contribution in [0.15, 0.2) is 53.0 Å². The molecule has 2 aromatic rings. The van der Waals surface area contributed by atoms with Gasteiger partial charge in [-0.2, -0.15) is 0 Å². The summed E-state index contributed by atoms with van der Waals surface area (Å²) in [6.45, 7) is 1.73. The maximum Gasteiger partial charge on any atom is 0.120 e. The number of benzene rings is 2. The number of nitrogens with one attached hydrogen (secondary N) is 1. The lowest BCUT2D eigenvalue weighted by Gasteiger charge is -2.26. The van der Waals surface area contributed by atoms with E-state index in [1.807, 2.05) is 24.3 Å². The highest BCUT2D eigenvalue weighted by Gasteiger charge is 2.18. The molecule has 0 amide bonds. The van der Waals surface area contributed by atoms with Gasteiger partial charge in [-0.05, 0) is 36.2 Å². The molecule has 0 aromatic heterocycles. The van der Waals surface area contributed by atoms with Gasteiger partial charge in [-0.3, -0.25) is 0 Å². The molecule has 0 radical (unpaired) electrons. The zero-order chi connectivity index (χ0) is 13.1. The Kier molecular flexibility index (Phi) is 3.74. The zero-order valence-electron chi connectivity index (χ0n) is 10.6. The van der Waals surface area contributed by atoms with Crippen LogP contribution in [-0.4, -0.2) is 13.2 Å². The number of halogens is 1. The standard InChI is InChI=1S/C16H16BrNO/c17-14-5-3-6-15(9-14)19-11-12-8-13-4-1-2-7-16(13)18-10-12/h1-7,9,12,18H,8,10-11H2. The van der Waals surface area contributed by atoms with E-state index < -0.39 is 0 Å². The molecule has 1 aliphatic rings. The van der Waals surface area contributed by atoms with Crippen molar-refractivity contribution in [2.45, 2.75) is 6.42 Å². The van der Waals surface area contributed by atoms with E-state index >= 15 is 0 Å². The Morgan fingerprint density at radius 3 is 2.95 bits per heavy atom. The highest BCUT2D eigenvalue weighted by molar-refractivity contribution is 9.10. The van der Waals surface area contributed by atoms with Gasteiger partial charge in [0.05, 0.1) is 6.61 Å². The highest BCUT2D eigenvalue weighted by Crippen LogP contribution is 2.25. The van der Waals surface area contributed by atoms with Crippen LogP contribution in [0.25, 0.3) is 0 Å². The van der Waals surface area contributed by atoms with Gasteiger partial charge >= 0.3 is 0 Å². The molecule has 0 fully saturated rings. The van der Waals surface area contributed by atoms with E-state index in [1.165, 1.54) is 11.3 Å². The lowest BCUT2D eigenvalue weighted by Crippen LogP contribution is -2.27. The summed E-state index contributed by atoms with van der Waals surface area (Å²) in [6.07, 6.45) is 1.08. The molecule has 3 heteroatoms. The largest absolute Gasteiger partial charge is 0.493 e. The van der Waals surface area contributed by atoms with Crippen molar-refractivity contribution in [2.24, 2.45) is 5.92 Å². The average molecular weight is 318 g/mol. The third kappa shape index (κ3) is 3.10. The Hall–Kier alpha value is -1.48. The van der Waals surface area contributed by atoms with E-state index in [2.05, 4.69) is 45.5 Å². The van der Waals surface area contributed by atoms with Gasteiger partial charge in [0.15, 0.2) is 0 Å². The van der Waals surface area contributed by atoms with Gasteiger partial charge in [0.25, 0.3) is 0 Å². The molecule has 1 atom stereocenters. The molecule has 2 aromatic carbocycles. The Morgan fingerprint density at radius 1 is 1.16 bits per heavy atom. The minimum absolute atomic E-state index is 0.522. The van der Waals surface area contributed by atoms with Gasteiger partial charge in [-0.15, -0.1) is 0 Å². The number of hydrogen-bond acceptors (Lipinski definition) is 2. The van der Waals surface area contributed by atoms with Crippen molar-refractivity contribution < 1.29 is 4.74 Å². The molecule has 1 N–H and O–H groups in total. The summed E-state index contributed by atoms with van der Waals surface area (Å²) >= 11 is 3.46. The first-order valence-corrected chi connectivity index (χ1v) is 7.31. The summed E-state index contributed by atoms with van der Waals surface area (Å²) in [5.41, 5.74) is 2.65. The van der Waals surface area contributed by atoms with E-state index in [-0.39, 0.29) is 0 Å². The van der Waals surface area contributed by atoms with Crippen molar-refractivity contribution in [1.29, 1.82) is 0 Å². The Labute approximate surface area is 121 Å². The van der Waals surface area contributed by atoms with E-state index in [9.17, 15) is 0 Å². The minimum Gasteiger partial charge on any atom is -0.493 e. The van der Waals surface area contributed by atoms with Crippen molar-refractivity contribution >= 4 is 21.6 Å². The predicted octanol–water partition coefficient (Wildman–Crippen LogP) is 4.11. The molecular weight excluding hydrogens is 302 g/mol. The van der Waals surface area contributed by atoms with Crippen molar-refractivity contribution in [3.63, 3.8) is 0 Å². The second-order valence-corrected chi connectivity index (χ2v) is 5.79. The van der Waals surface area contributed by atoms with Crippen LogP contribution in [-0.2, 0) is 6.42 Å². The monoisotopic (exact) mass is 317 g/mol. The summed E-state index contributed by atoms with van der Waals surface area (Å²) in [5, 5.41) is 3.47. The molecule has 0 aliphatic carbocycles. The molecule has 1 aliphatic heterocycles. The molecule has 98 valence electrons. The fourth-order valence-electron chi connectivity index (χ4n) is 2.40. The van der Waals surface area contributed by atoms with Crippen LogP contribution >= 0.6 is 15.9 Å². The van der Waals surface area contributed by atoms with Crippen LogP contribution in [0.2, 0.25) is 0 Å². The molecule has 1 heterocycles. The van der Waals surface area contributed by atoms with Gasteiger partial charge in [-0.25, -0.2) is 0 Å². The predicted molar refractivity (Wildman–Crippen MR) is 81.8 cm³/mol. The Balaban J connectivity index is 1.61. The SMILES string of the molecule is Brc1cccc(OCC2CNc3ccccc3C2)c1. The van der Waals surface area contributed by atoms with Crippen LogP contribution in [0.4, 0.5) is 5.69 Å². The van der Waals surface area contributed by atoms with Crippen LogP contribution in [0.1, 0.15) is 5.56 Å². The number of hydrogen-bond donors (Lipinski definition) is 1. The fourth-order valence-corrected chi connectivity index (χ4v) is 2.78. The molecule has 3 rings (SSSR count). The molecule has 2 nitrogen and oxygen atoms in total. The molecule has 1 unspecified atom stereocenters. The first-order valence-electron chi connectivity index (χ1n) is 6.51. The van der Waals surface area contributed by atoms with Crippen molar-refractivity contribution in [2.75, 3.05) is 18.5 Å². The second kappa shape index (κ2) is 5.66. The number of ether oxygens (including phenoxy) is 1. The maximum atomic E-state index is 5.87. The summed E-state index contributed by atoms with van der Waals surface area (Å²) < 4.78 is 6.92. The van der Waals surface area contributed by atoms with Crippen molar-refractivity contribution in [3.05, 3.63) is 58.6 Å². The third-order valence-electron chi connectivity index (χ3n) is 3.39. The summed E-state index contributed by atoms with van der Waals surface area (Å²) in [7, 11) is 0. The third-order valence-corrected chi connectivity index (χ3v) is 3.88. The summed E-state index contributed by atoms with van der Waals surface area (Å²) in [5.74, 6) is 1.45. The van der Waals surface area contributed by atoms with Crippen molar-refractivity contribution in [1.82, 2.24) is 0 Å². The summed E-state index contributed by atoms with van der Waals surface area (Å²) in [6, 6.07) is 16.5. The average Bonchev–Trinajstić information content (AvgIpc) is 2.45. The molecule has 0 bridgehead atoms. The van der Waals surface area contributed by atoms with Crippen LogP contribution < -0.4 is 10.1 Å².